The first-order valence-electron chi connectivity index (χ1n) is 11.6. The molecule has 0 aliphatic rings. The Morgan fingerprint density at radius 3 is 2.15 bits per heavy atom. The Hall–Kier alpha value is -4.63. The van der Waals surface area contributed by atoms with Gasteiger partial charge in [-0.15, -0.1) is 0 Å². The Morgan fingerprint density at radius 2 is 1.26 bits per heavy atom. The molecule has 5 aromatic carbocycles. The number of para-hydroxylation sites is 2. The van der Waals surface area contributed by atoms with Crippen LogP contribution in [0.4, 0.5) is 0 Å². The molecule has 0 saturated carbocycles. The number of rotatable bonds is 2. The summed E-state index contributed by atoms with van der Waals surface area (Å²) in [6.45, 7) is 0. The number of hydrogen-bond donors (Lipinski definition) is 0. The minimum absolute atomic E-state index is 0.939. The van der Waals surface area contributed by atoms with E-state index in [-0.39, 0.29) is 0 Å². The molecule has 0 atom stereocenters. The normalized spacial score (nSPS) is 12.1. The van der Waals surface area contributed by atoms with Crippen molar-refractivity contribution in [1.82, 2.24) is 14.1 Å². The van der Waals surface area contributed by atoms with Gasteiger partial charge in [0.25, 0.3) is 0 Å². The third-order valence-electron chi connectivity index (χ3n) is 7.11. The van der Waals surface area contributed by atoms with Gasteiger partial charge in [0.2, 0.25) is 0 Å². The molecule has 0 radical (unpaired) electrons. The van der Waals surface area contributed by atoms with Gasteiger partial charge in [-0.05, 0) is 53.2 Å². The summed E-state index contributed by atoms with van der Waals surface area (Å²) < 4.78 is 4.71. The van der Waals surface area contributed by atoms with Gasteiger partial charge in [-0.3, -0.25) is 4.57 Å². The van der Waals surface area contributed by atoms with Gasteiger partial charge in [0.15, 0.2) is 0 Å². The van der Waals surface area contributed by atoms with Crippen molar-refractivity contribution >= 4 is 54.4 Å². The van der Waals surface area contributed by atoms with Crippen LogP contribution in [0.15, 0.2) is 115 Å². The van der Waals surface area contributed by atoms with Crippen LogP contribution in [-0.4, -0.2) is 14.1 Å². The number of benzene rings is 5. The molecule has 0 aliphatic carbocycles. The molecule has 3 heterocycles. The fraction of sp³-hybridized carbons (Fsp3) is 0. The summed E-state index contributed by atoms with van der Waals surface area (Å²) in [5, 5.41) is 7.74. The Balaban J connectivity index is 1.68. The molecule has 3 aromatic heterocycles. The highest BCUT2D eigenvalue weighted by Crippen LogP contribution is 2.45. The highest BCUT2D eigenvalue weighted by atomic mass is 15.1. The van der Waals surface area contributed by atoms with E-state index in [9.17, 15) is 0 Å². The molecule has 8 rings (SSSR count). The molecule has 8 aromatic rings. The molecular weight excluding hydrogens is 414 g/mol. The van der Waals surface area contributed by atoms with Crippen molar-refractivity contribution in [3.05, 3.63) is 115 Å². The van der Waals surface area contributed by atoms with E-state index in [1.165, 1.54) is 60.1 Å². The quantitative estimate of drug-likeness (QED) is 0.254. The lowest BCUT2D eigenvalue weighted by Crippen LogP contribution is -1.97. The molecule has 0 fully saturated rings. The molecule has 0 unspecified atom stereocenters. The number of nitrogens with zero attached hydrogens (tertiary/aromatic N) is 3. The summed E-state index contributed by atoms with van der Waals surface area (Å²) in [5.74, 6) is 0.939. The molecule has 3 nitrogen and oxygen atoms in total. The van der Waals surface area contributed by atoms with Crippen LogP contribution < -0.4 is 0 Å². The second-order valence-electron chi connectivity index (χ2n) is 8.86. The molecule has 158 valence electrons. The molecule has 0 bridgehead atoms. The summed E-state index contributed by atoms with van der Waals surface area (Å²) >= 11 is 0. The lowest BCUT2D eigenvalue weighted by Gasteiger charge is -2.10. The van der Waals surface area contributed by atoms with E-state index in [2.05, 4.69) is 112 Å². The Kier molecular flexibility index (Phi) is 3.39. The smallest absolute Gasteiger partial charge is 0.137 e. The monoisotopic (exact) mass is 433 g/mol. The topological polar surface area (TPSA) is 22.8 Å². The van der Waals surface area contributed by atoms with Crippen molar-refractivity contribution in [3.63, 3.8) is 0 Å². The van der Waals surface area contributed by atoms with Gasteiger partial charge in [-0.25, -0.2) is 4.98 Å². The summed E-state index contributed by atoms with van der Waals surface area (Å²) in [7, 11) is 0. The standard InChI is InChI=1S/C31H19N3/c1-2-10-21(11-3-1)33-24-13-5-4-12-22(24)30-23-17-16-20-9-8-14-25-29(20)31(23)27(19-26(30)33)34(25)28-15-6-7-18-32-28/h1-19H. The van der Waals surface area contributed by atoms with Crippen LogP contribution in [0.1, 0.15) is 0 Å². The predicted molar refractivity (Wildman–Crippen MR) is 142 cm³/mol. The van der Waals surface area contributed by atoms with Crippen molar-refractivity contribution in [2.45, 2.75) is 0 Å². The number of hydrogen-bond acceptors (Lipinski definition) is 1. The van der Waals surface area contributed by atoms with Crippen LogP contribution in [0.3, 0.4) is 0 Å². The first-order valence-corrected chi connectivity index (χ1v) is 11.6. The maximum Gasteiger partial charge on any atom is 0.137 e. The van der Waals surface area contributed by atoms with Gasteiger partial charge in [0.1, 0.15) is 5.82 Å². The van der Waals surface area contributed by atoms with Crippen LogP contribution in [0.5, 0.6) is 0 Å². The van der Waals surface area contributed by atoms with E-state index in [4.69, 9.17) is 4.98 Å². The zero-order valence-corrected chi connectivity index (χ0v) is 18.3. The summed E-state index contributed by atoms with van der Waals surface area (Å²) in [6, 6.07) is 39.0. The maximum atomic E-state index is 4.74. The zero-order chi connectivity index (χ0) is 22.2. The van der Waals surface area contributed by atoms with Gasteiger partial charge in [-0.2, -0.15) is 0 Å². The van der Waals surface area contributed by atoms with Gasteiger partial charge < -0.3 is 4.57 Å². The Morgan fingerprint density at radius 1 is 0.471 bits per heavy atom. The molecule has 0 saturated heterocycles. The lowest BCUT2D eigenvalue weighted by molar-refractivity contribution is 1.08. The Labute approximate surface area is 195 Å². The molecule has 34 heavy (non-hydrogen) atoms. The first kappa shape index (κ1) is 17.9. The molecule has 0 amide bonds. The van der Waals surface area contributed by atoms with Crippen LogP contribution in [-0.2, 0) is 0 Å². The van der Waals surface area contributed by atoms with E-state index in [0.29, 0.717) is 0 Å². The summed E-state index contributed by atoms with van der Waals surface area (Å²) in [6.07, 6.45) is 1.87. The minimum Gasteiger partial charge on any atom is -0.309 e. The van der Waals surface area contributed by atoms with Crippen LogP contribution in [0, 0.1) is 0 Å². The Bertz CT molecular complexity index is 1980. The molecule has 0 spiro atoms. The second-order valence-corrected chi connectivity index (χ2v) is 8.86. The van der Waals surface area contributed by atoms with Crippen molar-refractivity contribution in [3.8, 4) is 11.5 Å². The van der Waals surface area contributed by atoms with Gasteiger partial charge in [-0.1, -0.05) is 66.7 Å². The van der Waals surface area contributed by atoms with Gasteiger partial charge >= 0.3 is 0 Å². The third kappa shape index (κ3) is 2.18. The van der Waals surface area contributed by atoms with E-state index < -0.39 is 0 Å². The van der Waals surface area contributed by atoms with Crippen LogP contribution in [0.25, 0.3) is 65.9 Å². The van der Waals surface area contributed by atoms with Crippen LogP contribution in [0.2, 0.25) is 0 Å². The average Bonchev–Trinajstić information content (AvgIpc) is 3.42. The highest BCUT2D eigenvalue weighted by Gasteiger charge is 2.22. The summed E-state index contributed by atoms with van der Waals surface area (Å²) in [5.41, 5.74) is 5.98. The number of fused-ring (bicyclic) bond motifs is 4. The highest BCUT2D eigenvalue weighted by molar-refractivity contribution is 6.33. The van der Waals surface area contributed by atoms with Crippen LogP contribution >= 0.6 is 0 Å². The van der Waals surface area contributed by atoms with E-state index >= 15 is 0 Å². The van der Waals surface area contributed by atoms with E-state index in [1.807, 2.05) is 12.3 Å². The second kappa shape index (κ2) is 6.46. The fourth-order valence-electron chi connectivity index (χ4n) is 5.80. The zero-order valence-electron chi connectivity index (χ0n) is 18.3. The molecule has 3 heteroatoms. The number of aromatic nitrogens is 3. The van der Waals surface area contributed by atoms with Crippen molar-refractivity contribution in [2.75, 3.05) is 0 Å². The molecule has 0 N–H and O–H groups in total. The van der Waals surface area contributed by atoms with E-state index in [1.54, 1.807) is 0 Å². The van der Waals surface area contributed by atoms with Gasteiger partial charge in [0.05, 0.1) is 22.1 Å². The largest absolute Gasteiger partial charge is 0.309 e. The predicted octanol–water partition coefficient (Wildman–Crippen LogP) is 7.87. The van der Waals surface area contributed by atoms with E-state index in [0.717, 1.165) is 5.82 Å². The first-order chi connectivity index (χ1) is 16.9. The SMILES string of the molecule is c1ccc(-n2c3ccccc3c3c4ccc5cccc6c5c4c(cc32)n6-c2ccccn2)cc1. The summed E-state index contributed by atoms with van der Waals surface area (Å²) in [4.78, 5) is 4.74. The maximum absolute atomic E-state index is 4.74. The van der Waals surface area contributed by atoms with Crippen molar-refractivity contribution in [1.29, 1.82) is 0 Å². The fourth-order valence-corrected chi connectivity index (χ4v) is 5.80. The van der Waals surface area contributed by atoms with Crippen molar-refractivity contribution in [2.24, 2.45) is 0 Å². The lowest BCUT2D eigenvalue weighted by atomic mass is 9.98. The number of pyridine rings is 1. The van der Waals surface area contributed by atoms with Crippen molar-refractivity contribution < 1.29 is 0 Å². The molecule has 0 aliphatic heterocycles. The molecular formula is C31H19N3. The average molecular weight is 434 g/mol. The van der Waals surface area contributed by atoms with Gasteiger partial charge in [0, 0.05) is 33.4 Å². The third-order valence-corrected chi connectivity index (χ3v) is 7.11. The minimum atomic E-state index is 0.939.